The van der Waals surface area contributed by atoms with Crippen molar-refractivity contribution in [3.63, 3.8) is 0 Å². The molecule has 1 fully saturated rings. The number of carbonyl (C=O) groups is 1. The third-order valence-corrected chi connectivity index (χ3v) is 5.62. The summed E-state index contributed by atoms with van der Waals surface area (Å²) in [4.78, 5) is 16.8. The number of amides is 1. The number of nitrogens with zero attached hydrogens (tertiary/aromatic N) is 5. The monoisotopic (exact) mass is 393 g/mol. The van der Waals surface area contributed by atoms with Crippen LogP contribution in [0.2, 0.25) is 5.02 Å². The topological polar surface area (TPSA) is 54.3 Å². The number of carbonyl (C=O) groups excluding carboxylic acids is 1. The number of thioether (sulfide) groups is 1. The maximum atomic E-state index is 12.5. The van der Waals surface area contributed by atoms with Gasteiger partial charge in [-0.1, -0.05) is 35.5 Å². The van der Waals surface area contributed by atoms with Crippen molar-refractivity contribution >= 4 is 29.3 Å². The number of aromatic nitrogens is 3. The van der Waals surface area contributed by atoms with Gasteiger partial charge in [-0.25, -0.2) is 0 Å². The van der Waals surface area contributed by atoms with Crippen LogP contribution in [0.15, 0.2) is 35.7 Å². The molecule has 140 valence electrons. The van der Waals surface area contributed by atoms with E-state index in [4.69, 9.17) is 11.6 Å². The second kappa shape index (κ2) is 8.88. The third-order valence-electron chi connectivity index (χ3n) is 4.44. The summed E-state index contributed by atoms with van der Waals surface area (Å²) in [5.41, 5.74) is 1.21. The molecular formula is C18H24ClN5OS. The van der Waals surface area contributed by atoms with Crippen molar-refractivity contribution in [2.75, 3.05) is 31.9 Å². The SMILES string of the molecule is CC(C)n1cnnc1SCC(=O)N1CCN(Cc2cccc(Cl)c2)CC1. The summed E-state index contributed by atoms with van der Waals surface area (Å²) >= 11 is 7.51. The van der Waals surface area contributed by atoms with E-state index in [2.05, 4.69) is 35.0 Å². The van der Waals surface area contributed by atoms with Crippen LogP contribution in [-0.4, -0.2) is 62.4 Å². The number of hydrogen-bond donors (Lipinski definition) is 0. The van der Waals surface area contributed by atoms with E-state index in [0.29, 0.717) is 5.75 Å². The normalized spacial score (nSPS) is 15.6. The molecular weight excluding hydrogens is 370 g/mol. The van der Waals surface area contributed by atoms with Crippen molar-refractivity contribution in [2.45, 2.75) is 31.6 Å². The second-order valence-electron chi connectivity index (χ2n) is 6.69. The van der Waals surface area contributed by atoms with Gasteiger partial charge in [0.25, 0.3) is 0 Å². The van der Waals surface area contributed by atoms with Crippen LogP contribution in [0.5, 0.6) is 0 Å². The van der Waals surface area contributed by atoms with Gasteiger partial charge in [0.05, 0.1) is 5.75 Å². The molecule has 26 heavy (non-hydrogen) atoms. The second-order valence-corrected chi connectivity index (χ2v) is 8.07. The van der Waals surface area contributed by atoms with Crippen molar-refractivity contribution in [1.82, 2.24) is 24.6 Å². The highest BCUT2D eigenvalue weighted by Gasteiger charge is 2.22. The van der Waals surface area contributed by atoms with Gasteiger partial charge in [0.15, 0.2) is 5.16 Å². The zero-order valence-electron chi connectivity index (χ0n) is 15.1. The van der Waals surface area contributed by atoms with Gasteiger partial charge in [0.2, 0.25) is 5.91 Å². The van der Waals surface area contributed by atoms with Gasteiger partial charge in [-0.15, -0.1) is 10.2 Å². The lowest BCUT2D eigenvalue weighted by Crippen LogP contribution is -2.48. The van der Waals surface area contributed by atoms with E-state index in [0.717, 1.165) is 42.9 Å². The molecule has 0 spiro atoms. The first-order chi connectivity index (χ1) is 12.5. The van der Waals surface area contributed by atoms with Crippen LogP contribution < -0.4 is 0 Å². The summed E-state index contributed by atoms with van der Waals surface area (Å²) in [6, 6.07) is 8.24. The van der Waals surface area contributed by atoms with Crippen molar-refractivity contribution in [3.05, 3.63) is 41.2 Å². The van der Waals surface area contributed by atoms with Crippen LogP contribution in [0, 0.1) is 0 Å². The van der Waals surface area contributed by atoms with Gasteiger partial charge in [-0.05, 0) is 31.5 Å². The minimum Gasteiger partial charge on any atom is -0.339 e. The maximum absolute atomic E-state index is 12.5. The molecule has 3 rings (SSSR count). The van der Waals surface area contributed by atoms with Crippen molar-refractivity contribution in [1.29, 1.82) is 0 Å². The molecule has 0 saturated carbocycles. The Morgan fingerprint density at radius 1 is 1.27 bits per heavy atom. The van der Waals surface area contributed by atoms with Gasteiger partial charge >= 0.3 is 0 Å². The number of hydrogen-bond acceptors (Lipinski definition) is 5. The molecule has 8 heteroatoms. The Hall–Kier alpha value is -1.57. The molecule has 0 aliphatic carbocycles. The molecule has 1 aromatic carbocycles. The summed E-state index contributed by atoms with van der Waals surface area (Å²) in [5, 5.41) is 9.61. The lowest BCUT2D eigenvalue weighted by molar-refractivity contribution is -0.130. The van der Waals surface area contributed by atoms with Gasteiger partial charge in [0.1, 0.15) is 6.33 Å². The highest BCUT2D eigenvalue weighted by molar-refractivity contribution is 7.99. The molecule has 1 amide bonds. The summed E-state index contributed by atoms with van der Waals surface area (Å²) < 4.78 is 1.99. The molecule has 1 aliphatic heterocycles. The summed E-state index contributed by atoms with van der Waals surface area (Å²) in [5.74, 6) is 0.565. The average molecular weight is 394 g/mol. The molecule has 2 heterocycles. The van der Waals surface area contributed by atoms with Crippen LogP contribution in [0.4, 0.5) is 0 Å². The van der Waals surface area contributed by atoms with Gasteiger partial charge in [-0.2, -0.15) is 0 Å². The van der Waals surface area contributed by atoms with E-state index in [1.54, 1.807) is 6.33 Å². The van der Waals surface area contributed by atoms with Crippen LogP contribution in [0.25, 0.3) is 0 Å². The fourth-order valence-electron chi connectivity index (χ4n) is 2.96. The van der Waals surface area contributed by atoms with Gasteiger partial charge in [-0.3, -0.25) is 9.69 Å². The molecule has 1 aromatic heterocycles. The van der Waals surface area contributed by atoms with E-state index < -0.39 is 0 Å². The average Bonchev–Trinajstić information content (AvgIpc) is 3.09. The van der Waals surface area contributed by atoms with Gasteiger partial charge in [0, 0.05) is 43.8 Å². The zero-order chi connectivity index (χ0) is 18.5. The highest BCUT2D eigenvalue weighted by Crippen LogP contribution is 2.20. The summed E-state index contributed by atoms with van der Waals surface area (Å²) in [6.07, 6.45) is 1.71. The minimum atomic E-state index is 0.163. The Morgan fingerprint density at radius 2 is 2.04 bits per heavy atom. The number of piperazine rings is 1. The molecule has 2 aromatic rings. The van der Waals surface area contributed by atoms with E-state index in [1.807, 2.05) is 27.7 Å². The van der Waals surface area contributed by atoms with Crippen LogP contribution in [0.3, 0.4) is 0 Å². The molecule has 1 saturated heterocycles. The fourth-order valence-corrected chi connectivity index (χ4v) is 4.12. The fraction of sp³-hybridized carbons (Fsp3) is 0.500. The molecule has 0 radical (unpaired) electrons. The number of rotatable bonds is 6. The Balaban J connectivity index is 1.45. The van der Waals surface area contributed by atoms with E-state index >= 15 is 0 Å². The van der Waals surface area contributed by atoms with E-state index in [1.165, 1.54) is 17.3 Å². The first-order valence-corrected chi connectivity index (χ1v) is 10.2. The van der Waals surface area contributed by atoms with Crippen LogP contribution in [0.1, 0.15) is 25.5 Å². The Labute approximate surface area is 163 Å². The van der Waals surface area contributed by atoms with E-state index in [-0.39, 0.29) is 11.9 Å². The number of halogens is 1. The lowest BCUT2D eigenvalue weighted by Gasteiger charge is -2.34. The standard InChI is InChI=1S/C18H24ClN5OS/c1-14(2)24-13-20-21-18(24)26-12-17(25)23-8-6-22(7-9-23)11-15-4-3-5-16(19)10-15/h3-5,10,13-14H,6-9,11-12H2,1-2H3. The first kappa shape index (κ1) is 19.2. The minimum absolute atomic E-state index is 0.163. The van der Waals surface area contributed by atoms with Gasteiger partial charge < -0.3 is 9.47 Å². The predicted octanol–water partition coefficient (Wildman–Crippen LogP) is 2.95. The molecule has 1 aliphatic rings. The first-order valence-electron chi connectivity index (χ1n) is 8.80. The summed E-state index contributed by atoms with van der Waals surface area (Å²) in [7, 11) is 0. The largest absolute Gasteiger partial charge is 0.339 e. The predicted molar refractivity (Wildman–Crippen MR) is 104 cm³/mol. The maximum Gasteiger partial charge on any atom is 0.233 e. The van der Waals surface area contributed by atoms with Crippen LogP contribution in [-0.2, 0) is 11.3 Å². The van der Waals surface area contributed by atoms with Crippen molar-refractivity contribution < 1.29 is 4.79 Å². The molecule has 0 bridgehead atoms. The quantitative estimate of drug-likeness (QED) is 0.706. The number of benzene rings is 1. The molecule has 0 N–H and O–H groups in total. The lowest BCUT2D eigenvalue weighted by atomic mass is 10.2. The third kappa shape index (κ3) is 4.99. The molecule has 6 nitrogen and oxygen atoms in total. The Morgan fingerprint density at radius 3 is 2.73 bits per heavy atom. The van der Waals surface area contributed by atoms with Crippen LogP contribution >= 0.6 is 23.4 Å². The zero-order valence-corrected chi connectivity index (χ0v) is 16.7. The van der Waals surface area contributed by atoms with E-state index in [9.17, 15) is 4.79 Å². The Kier molecular flexibility index (Phi) is 6.56. The highest BCUT2D eigenvalue weighted by atomic mass is 35.5. The smallest absolute Gasteiger partial charge is 0.233 e. The molecule has 0 atom stereocenters. The van der Waals surface area contributed by atoms with Crippen molar-refractivity contribution in [2.24, 2.45) is 0 Å². The summed E-state index contributed by atoms with van der Waals surface area (Å²) in [6.45, 7) is 8.31. The Bertz CT molecular complexity index is 743. The molecule has 0 unspecified atom stereocenters. The van der Waals surface area contributed by atoms with Crippen molar-refractivity contribution in [3.8, 4) is 0 Å².